The van der Waals surface area contributed by atoms with Crippen LogP contribution in [0.1, 0.15) is 16.9 Å². The predicted molar refractivity (Wildman–Crippen MR) is 84.4 cm³/mol. The van der Waals surface area contributed by atoms with Gasteiger partial charge in [0, 0.05) is 12.1 Å². The maximum atomic E-state index is 12.5. The quantitative estimate of drug-likeness (QED) is 0.687. The Morgan fingerprint density at radius 3 is 2.86 bits per heavy atom. The topological polar surface area (TPSA) is 79.4 Å². The number of nitrogens with two attached hydrogens (primary N) is 1. The molecule has 1 unspecified atom stereocenters. The third-order valence-corrected chi connectivity index (χ3v) is 4.06. The highest BCUT2D eigenvalue weighted by atomic mass is 32.2. The number of benzene rings is 1. The molecule has 0 amide bonds. The van der Waals surface area contributed by atoms with E-state index in [2.05, 4.69) is 4.98 Å². The molecule has 0 aliphatic carbocycles. The van der Waals surface area contributed by atoms with Crippen LogP contribution in [-0.2, 0) is 9.47 Å². The van der Waals surface area contributed by atoms with Gasteiger partial charge in [0.1, 0.15) is 6.10 Å². The summed E-state index contributed by atoms with van der Waals surface area (Å²) in [6, 6.07) is 9.51. The molecule has 1 aliphatic heterocycles. The van der Waals surface area contributed by atoms with Crippen LogP contribution in [0.3, 0.4) is 0 Å². The van der Waals surface area contributed by atoms with Gasteiger partial charge in [-0.3, -0.25) is 4.57 Å². The van der Waals surface area contributed by atoms with Gasteiger partial charge in [0.15, 0.2) is 16.7 Å². The summed E-state index contributed by atoms with van der Waals surface area (Å²) in [5.41, 5.74) is 7.04. The lowest BCUT2D eigenvalue weighted by Crippen LogP contribution is -2.21. The number of carbonyl (C=O) groups excluding carboxylic acids is 1. The van der Waals surface area contributed by atoms with E-state index in [-0.39, 0.29) is 17.6 Å². The Morgan fingerprint density at radius 2 is 2.23 bits per heavy atom. The third-order valence-electron chi connectivity index (χ3n) is 3.43. The molecule has 1 aromatic heterocycles. The maximum absolute atomic E-state index is 12.5. The summed E-state index contributed by atoms with van der Waals surface area (Å²) in [7, 11) is 0. The van der Waals surface area contributed by atoms with Crippen molar-refractivity contribution in [2.24, 2.45) is 0 Å². The normalized spacial score (nSPS) is 17.6. The van der Waals surface area contributed by atoms with Gasteiger partial charge >= 0.3 is 5.97 Å². The van der Waals surface area contributed by atoms with Gasteiger partial charge in [0.05, 0.1) is 13.2 Å². The molecule has 0 spiro atoms. The predicted octanol–water partition coefficient (Wildman–Crippen LogP) is 2.12. The minimum atomic E-state index is -0.468. The third kappa shape index (κ3) is 2.82. The van der Waals surface area contributed by atoms with Gasteiger partial charge in [0.25, 0.3) is 0 Å². The number of aromatic nitrogens is 2. The summed E-state index contributed by atoms with van der Waals surface area (Å²) >= 11 is 1.42. The molecule has 1 saturated heterocycles. The van der Waals surface area contributed by atoms with Crippen molar-refractivity contribution in [2.45, 2.75) is 17.7 Å². The van der Waals surface area contributed by atoms with E-state index >= 15 is 0 Å². The number of nitrogen functional groups attached to an aromatic ring is 1. The molecule has 7 heteroatoms. The van der Waals surface area contributed by atoms with Crippen molar-refractivity contribution in [2.75, 3.05) is 25.2 Å². The SMILES string of the molecule is CSc1nc(N)c(C(=O)OC2CCOC2)n1-c1ccccc1. The second-order valence-corrected chi connectivity index (χ2v) is 5.67. The molecule has 116 valence electrons. The van der Waals surface area contributed by atoms with E-state index in [9.17, 15) is 4.79 Å². The van der Waals surface area contributed by atoms with Crippen molar-refractivity contribution in [1.29, 1.82) is 0 Å². The number of imidazole rings is 1. The first-order valence-electron chi connectivity index (χ1n) is 6.97. The Balaban J connectivity index is 1.99. The van der Waals surface area contributed by atoms with E-state index in [1.165, 1.54) is 11.8 Å². The first-order valence-corrected chi connectivity index (χ1v) is 8.19. The van der Waals surface area contributed by atoms with Crippen molar-refractivity contribution >= 4 is 23.5 Å². The van der Waals surface area contributed by atoms with Crippen LogP contribution in [0, 0.1) is 0 Å². The molecule has 1 aliphatic rings. The van der Waals surface area contributed by atoms with Crippen molar-refractivity contribution in [3.05, 3.63) is 36.0 Å². The van der Waals surface area contributed by atoms with Crippen LogP contribution in [0.2, 0.25) is 0 Å². The number of ether oxygens (including phenoxy) is 2. The van der Waals surface area contributed by atoms with E-state index in [1.807, 2.05) is 36.6 Å². The van der Waals surface area contributed by atoms with Crippen molar-refractivity contribution in [3.8, 4) is 5.69 Å². The lowest BCUT2D eigenvalue weighted by atomic mass is 10.3. The lowest BCUT2D eigenvalue weighted by Gasteiger charge is -2.13. The van der Waals surface area contributed by atoms with Crippen molar-refractivity contribution in [3.63, 3.8) is 0 Å². The van der Waals surface area contributed by atoms with Crippen LogP contribution in [0.15, 0.2) is 35.5 Å². The van der Waals surface area contributed by atoms with Crippen LogP contribution in [0.25, 0.3) is 5.69 Å². The lowest BCUT2D eigenvalue weighted by molar-refractivity contribution is 0.0262. The zero-order valence-electron chi connectivity index (χ0n) is 12.2. The molecule has 1 atom stereocenters. The Hall–Kier alpha value is -1.99. The Kier molecular flexibility index (Phi) is 4.35. The minimum Gasteiger partial charge on any atom is -0.455 e. The fourth-order valence-corrected chi connectivity index (χ4v) is 2.95. The molecule has 0 radical (unpaired) electrons. The number of nitrogens with zero attached hydrogens (tertiary/aromatic N) is 2. The Labute approximate surface area is 132 Å². The van der Waals surface area contributed by atoms with Gasteiger partial charge in [-0.15, -0.1) is 0 Å². The summed E-state index contributed by atoms with van der Waals surface area (Å²) in [6.07, 6.45) is 2.38. The smallest absolute Gasteiger partial charge is 0.359 e. The molecular formula is C15H17N3O3S. The monoisotopic (exact) mass is 319 g/mol. The molecule has 2 aromatic rings. The number of esters is 1. The molecule has 6 nitrogen and oxygen atoms in total. The van der Waals surface area contributed by atoms with Gasteiger partial charge in [-0.05, 0) is 18.4 Å². The standard InChI is InChI=1S/C15H17N3O3S/c1-22-15-17-13(16)12(14(19)21-11-7-8-20-9-11)18(15)10-5-3-2-4-6-10/h2-6,11H,7-9,16H2,1H3. The van der Waals surface area contributed by atoms with Gasteiger partial charge in [-0.2, -0.15) is 0 Å². The Morgan fingerprint density at radius 1 is 1.45 bits per heavy atom. The number of hydrogen-bond acceptors (Lipinski definition) is 6. The van der Waals surface area contributed by atoms with E-state index in [1.54, 1.807) is 4.57 Å². The summed E-state index contributed by atoms with van der Waals surface area (Å²) < 4.78 is 12.4. The molecule has 1 aromatic carbocycles. The second-order valence-electron chi connectivity index (χ2n) is 4.89. The zero-order valence-corrected chi connectivity index (χ0v) is 13.0. The number of hydrogen-bond donors (Lipinski definition) is 1. The average molecular weight is 319 g/mol. The second kappa shape index (κ2) is 6.41. The molecule has 2 heterocycles. The fourth-order valence-electron chi connectivity index (χ4n) is 2.38. The largest absolute Gasteiger partial charge is 0.455 e. The van der Waals surface area contributed by atoms with Crippen LogP contribution in [0.4, 0.5) is 5.82 Å². The first-order chi connectivity index (χ1) is 10.7. The molecule has 0 bridgehead atoms. The summed E-state index contributed by atoms with van der Waals surface area (Å²) in [5.74, 6) is -0.290. The fraction of sp³-hybridized carbons (Fsp3) is 0.333. The maximum Gasteiger partial charge on any atom is 0.359 e. The summed E-state index contributed by atoms with van der Waals surface area (Å²) in [5, 5.41) is 0.651. The number of carbonyl (C=O) groups is 1. The highest BCUT2D eigenvalue weighted by molar-refractivity contribution is 7.98. The van der Waals surface area contributed by atoms with Crippen LogP contribution < -0.4 is 5.73 Å². The van der Waals surface area contributed by atoms with E-state index in [0.717, 1.165) is 5.69 Å². The van der Waals surface area contributed by atoms with E-state index < -0.39 is 5.97 Å². The van der Waals surface area contributed by atoms with Crippen molar-refractivity contribution in [1.82, 2.24) is 9.55 Å². The Bertz CT molecular complexity index is 666. The number of anilines is 1. The van der Waals surface area contributed by atoms with E-state index in [4.69, 9.17) is 15.2 Å². The number of rotatable bonds is 4. The van der Waals surface area contributed by atoms with Gasteiger partial charge in [0.2, 0.25) is 0 Å². The van der Waals surface area contributed by atoms with E-state index in [0.29, 0.717) is 24.8 Å². The average Bonchev–Trinajstić information content (AvgIpc) is 3.15. The number of para-hydroxylation sites is 1. The summed E-state index contributed by atoms with van der Waals surface area (Å²) in [4.78, 5) is 16.8. The zero-order chi connectivity index (χ0) is 15.5. The molecule has 1 fully saturated rings. The highest BCUT2D eigenvalue weighted by Gasteiger charge is 2.27. The molecule has 22 heavy (non-hydrogen) atoms. The van der Waals surface area contributed by atoms with Gasteiger partial charge < -0.3 is 15.2 Å². The van der Waals surface area contributed by atoms with Crippen LogP contribution in [-0.4, -0.2) is 41.1 Å². The van der Waals surface area contributed by atoms with Gasteiger partial charge in [-0.1, -0.05) is 30.0 Å². The summed E-state index contributed by atoms with van der Waals surface area (Å²) in [6.45, 7) is 1.04. The van der Waals surface area contributed by atoms with Crippen LogP contribution in [0.5, 0.6) is 0 Å². The number of thioether (sulfide) groups is 1. The van der Waals surface area contributed by atoms with Gasteiger partial charge in [-0.25, -0.2) is 9.78 Å². The first kappa shape index (κ1) is 14.9. The molecule has 3 rings (SSSR count). The molecule has 0 saturated carbocycles. The molecule has 2 N–H and O–H groups in total. The highest BCUT2D eigenvalue weighted by Crippen LogP contribution is 2.27. The van der Waals surface area contributed by atoms with Crippen molar-refractivity contribution < 1.29 is 14.3 Å². The van der Waals surface area contributed by atoms with Crippen LogP contribution >= 0.6 is 11.8 Å². The molecular weight excluding hydrogens is 302 g/mol. The minimum absolute atomic E-state index is 0.178.